The zero-order valence-electron chi connectivity index (χ0n) is 23.0. The molecule has 2 unspecified atom stereocenters. The van der Waals surface area contributed by atoms with E-state index in [0.29, 0.717) is 19.3 Å². The number of hydrogen-bond acceptors (Lipinski definition) is 3. The van der Waals surface area contributed by atoms with Crippen molar-refractivity contribution in [2.24, 2.45) is 50.2 Å². The molecular weight excluding hydrogens is 450 g/mol. The molecule has 5 heteroatoms. The van der Waals surface area contributed by atoms with Gasteiger partial charge in [-0.3, -0.25) is 9.59 Å². The van der Waals surface area contributed by atoms with Crippen LogP contribution in [-0.2, 0) is 14.4 Å². The van der Waals surface area contributed by atoms with Gasteiger partial charge in [0.1, 0.15) is 0 Å². The minimum absolute atomic E-state index is 0.0116. The number of carbonyl (C=O) groups excluding carboxylic acids is 2. The fourth-order valence-electron chi connectivity index (χ4n) is 9.97. The monoisotopic (exact) mass is 491 g/mol. The topological polar surface area (TPSA) is 75.8 Å². The molecule has 0 amide bonds. The number of carboxylic acid groups (broad SMARTS) is 1. The second kappa shape index (κ2) is 7.21. The third kappa shape index (κ3) is 2.85. The number of carbonyl (C=O) groups is 3. The second-order valence-corrected chi connectivity index (χ2v) is 14.7. The number of allylic oxidation sites excluding steroid dienone is 4. The van der Waals surface area contributed by atoms with E-state index in [9.17, 15) is 19.5 Å². The van der Waals surface area contributed by atoms with Crippen molar-refractivity contribution in [3.8, 4) is 0 Å². The van der Waals surface area contributed by atoms with Crippen molar-refractivity contribution in [1.29, 1.82) is 0 Å². The molecule has 5 aliphatic carbocycles. The Morgan fingerprint density at radius 1 is 1.00 bits per heavy atom. The van der Waals surface area contributed by atoms with Crippen LogP contribution in [-0.4, -0.2) is 22.6 Å². The zero-order chi connectivity index (χ0) is 26.7. The Kier molecular flexibility index (Phi) is 5.09. The molecule has 194 valence electrons. The Balaban J connectivity index is 1.71. The summed E-state index contributed by atoms with van der Waals surface area (Å²) >= 11 is 0. The van der Waals surface area contributed by atoms with E-state index in [1.54, 1.807) is 0 Å². The Bertz CT molecular complexity index is 1180. The number of nitrogens with zero attached hydrogens (tertiary/aromatic N) is 1. The van der Waals surface area contributed by atoms with Crippen molar-refractivity contribution in [2.45, 2.75) is 93.4 Å². The van der Waals surface area contributed by atoms with Gasteiger partial charge in [0.2, 0.25) is 5.70 Å². The number of aliphatic carboxylic acids is 1. The predicted octanol–water partition coefficient (Wildman–Crippen LogP) is 6.64. The van der Waals surface area contributed by atoms with E-state index in [-0.39, 0.29) is 51.3 Å². The summed E-state index contributed by atoms with van der Waals surface area (Å²) in [7, 11) is 0. The van der Waals surface area contributed by atoms with E-state index in [0.717, 1.165) is 31.3 Å². The highest BCUT2D eigenvalue weighted by Gasteiger charge is 2.70. The standard InChI is InChI=1S/C31H41NO4/c1-26(2)11-13-31(25(35)36)14-12-30(7)23(18(31)16-26)20(33)15-22-28(5)17-19(32-8)24(34)27(3,4)21(28)9-10-29(22,30)6/h15,17-18,21,23H,9-14,16H2,1-7H3,(H,35,36)/t18?,21?,23-,28-,29+,30+,31-/m0/s1. The van der Waals surface area contributed by atoms with Crippen molar-refractivity contribution in [2.75, 3.05) is 0 Å². The van der Waals surface area contributed by atoms with Crippen LogP contribution >= 0.6 is 0 Å². The van der Waals surface area contributed by atoms with Gasteiger partial charge in [-0.1, -0.05) is 60.1 Å². The minimum Gasteiger partial charge on any atom is -0.481 e. The van der Waals surface area contributed by atoms with E-state index in [4.69, 9.17) is 6.57 Å². The Morgan fingerprint density at radius 3 is 2.25 bits per heavy atom. The van der Waals surface area contributed by atoms with E-state index >= 15 is 0 Å². The molecule has 5 aliphatic rings. The molecule has 36 heavy (non-hydrogen) atoms. The number of rotatable bonds is 1. The summed E-state index contributed by atoms with van der Waals surface area (Å²) in [5, 5.41) is 10.5. The first-order valence-electron chi connectivity index (χ1n) is 13.7. The Hall–Kier alpha value is -2.22. The summed E-state index contributed by atoms with van der Waals surface area (Å²) in [4.78, 5) is 43.8. The van der Waals surface area contributed by atoms with Gasteiger partial charge in [0.05, 0.1) is 12.0 Å². The van der Waals surface area contributed by atoms with Crippen molar-refractivity contribution in [3.05, 3.63) is 34.8 Å². The lowest BCUT2D eigenvalue weighted by Gasteiger charge is -2.68. The molecule has 3 fully saturated rings. The van der Waals surface area contributed by atoms with E-state index in [2.05, 4.69) is 39.5 Å². The first-order chi connectivity index (χ1) is 16.5. The van der Waals surface area contributed by atoms with Gasteiger partial charge in [0.15, 0.2) is 11.6 Å². The molecular formula is C31H41NO4. The molecule has 0 radical (unpaired) electrons. The number of Topliss-reactive ketones (excluding diaryl/α,β-unsaturated/α-hetero) is 1. The number of ketones is 2. The predicted molar refractivity (Wildman–Crippen MR) is 138 cm³/mol. The van der Waals surface area contributed by atoms with Crippen LogP contribution in [0.25, 0.3) is 4.85 Å². The van der Waals surface area contributed by atoms with Crippen LogP contribution in [0.5, 0.6) is 0 Å². The third-order valence-electron chi connectivity index (χ3n) is 12.3. The van der Waals surface area contributed by atoms with Crippen LogP contribution in [0.15, 0.2) is 23.4 Å². The van der Waals surface area contributed by atoms with E-state index in [1.165, 1.54) is 0 Å². The van der Waals surface area contributed by atoms with Crippen LogP contribution < -0.4 is 0 Å². The molecule has 0 aromatic rings. The largest absolute Gasteiger partial charge is 0.481 e. The fourth-order valence-corrected chi connectivity index (χ4v) is 9.97. The third-order valence-corrected chi connectivity index (χ3v) is 12.3. The van der Waals surface area contributed by atoms with Crippen LogP contribution in [0.1, 0.15) is 93.4 Å². The van der Waals surface area contributed by atoms with Crippen molar-refractivity contribution in [1.82, 2.24) is 0 Å². The first kappa shape index (κ1) is 25.4. The van der Waals surface area contributed by atoms with Gasteiger partial charge in [-0.25, -0.2) is 4.85 Å². The summed E-state index contributed by atoms with van der Waals surface area (Å²) in [6.45, 7) is 22.7. The highest BCUT2D eigenvalue weighted by molar-refractivity contribution is 6.03. The fraction of sp³-hybridized carbons (Fsp3) is 0.742. The summed E-state index contributed by atoms with van der Waals surface area (Å²) in [6.07, 6.45) is 9.03. The maximum Gasteiger partial charge on any atom is 0.309 e. The van der Waals surface area contributed by atoms with Crippen molar-refractivity contribution < 1.29 is 19.5 Å². The highest BCUT2D eigenvalue weighted by atomic mass is 16.4. The number of fused-ring (bicyclic) bond motifs is 7. The van der Waals surface area contributed by atoms with E-state index < -0.39 is 22.2 Å². The SMILES string of the molecule is [C-]#[N+]C1=C[C@]2(C)C3=CC(=O)[C@@H]4C5CC(C)(C)CC[C@]5(C(=O)O)CC[C@@]4(C)[C@]3(C)CCC2C(C)(C)C1=O. The van der Waals surface area contributed by atoms with Crippen molar-refractivity contribution >= 4 is 17.5 Å². The summed E-state index contributed by atoms with van der Waals surface area (Å²) in [5.74, 6) is -1.24. The van der Waals surface area contributed by atoms with Gasteiger partial charge in [0.25, 0.3) is 0 Å². The zero-order valence-corrected chi connectivity index (χ0v) is 23.0. The summed E-state index contributed by atoms with van der Waals surface area (Å²) in [5.41, 5.74) is -1.46. The lowest BCUT2D eigenvalue weighted by Crippen LogP contribution is -2.65. The second-order valence-electron chi connectivity index (χ2n) is 14.7. The van der Waals surface area contributed by atoms with E-state index in [1.807, 2.05) is 26.0 Å². The van der Waals surface area contributed by atoms with Gasteiger partial charge in [-0.15, -0.1) is 0 Å². The first-order valence-corrected chi connectivity index (χ1v) is 13.7. The summed E-state index contributed by atoms with van der Waals surface area (Å²) in [6, 6.07) is 0. The van der Waals surface area contributed by atoms with Crippen molar-refractivity contribution in [3.63, 3.8) is 0 Å². The number of hydrogen-bond donors (Lipinski definition) is 1. The maximum absolute atomic E-state index is 14.2. The maximum atomic E-state index is 14.2. The molecule has 0 saturated heterocycles. The Labute approximate surface area is 215 Å². The molecule has 5 nitrogen and oxygen atoms in total. The molecule has 0 aromatic carbocycles. The lowest BCUT2D eigenvalue weighted by molar-refractivity contribution is -0.188. The van der Waals surface area contributed by atoms with Gasteiger partial charge < -0.3 is 9.90 Å². The average molecular weight is 492 g/mol. The van der Waals surface area contributed by atoms with Gasteiger partial charge in [0, 0.05) is 16.7 Å². The molecule has 5 rings (SSSR count). The molecule has 0 bridgehead atoms. The van der Waals surface area contributed by atoms with Gasteiger partial charge in [-0.05, 0) is 79.1 Å². The van der Waals surface area contributed by atoms with Crippen LogP contribution in [0.3, 0.4) is 0 Å². The van der Waals surface area contributed by atoms with Gasteiger partial charge >= 0.3 is 5.97 Å². The molecule has 1 N–H and O–H groups in total. The normalized spacial score (nSPS) is 46.7. The highest BCUT2D eigenvalue weighted by Crippen LogP contribution is 2.74. The average Bonchev–Trinajstić information content (AvgIpc) is 2.77. The molecule has 3 saturated carbocycles. The molecule has 0 aliphatic heterocycles. The van der Waals surface area contributed by atoms with Crippen LogP contribution in [0, 0.1) is 56.8 Å². The molecule has 7 atom stereocenters. The molecule has 0 spiro atoms. The Morgan fingerprint density at radius 2 is 1.64 bits per heavy atom. The van der Waals surface area contributed by atoms with Crippen LogP contribution in [0.2, 0.25) is 0 Å². The summed E-state index contributed by atoms with van der Waals surface area (Å²) < 4.78 is 0. The molecule has 0 aromatic heterocycles. The lowest BCUT2D eigenvalue weighted by atomic mass is 9.34. The van der Waals surface area contributed by atoms with Gasteiger partial charge in [-0.2, -0.15) is 0 Å². The smallest absolute Gasteiger partial charge is 0.309 e. The number of carboxylic acids is 1. The quantitative estimate of drug-likeness (QED) is 0.417. The molecule has 0 heterocycles. The minimum atomic E-state index is -0.825. The van der Waals surface area contributed by atoms with Crippen LogP contribution in [0.4, 0.5) is 0 Å².